The zero-order valence-electron chi connectivity index (χ0n) is 23.8. The highest BCUT2D eigenvalue weighted by molar-refractivity contribution is 6.34. The number of benzene rings is 3. The van der Waals surface area contributed by atoms with E-state index in [1.54, 1.807) is 4.90 Å². The van der Waals surface area contributed by atoms with Crippen LogP contribution in [-0.4, -0.2) is 48.7 Å². The quantitative estimate of drug-likeness (QED) is 0.170. The van der Waals surface area contributed by atoms with Crippen LogP contribution in [-0.2, 0) is 12.8 Å². The Bertz CT molecular complexity index is 1410. The number of rotatable bonds is 12. The number of ether oxygens (including phenoxy) is 4. The molecule has 0 spiro atoms. The molecule has 0 radical (unpaired) electrons. The second-order valence-electron chi connectivity index (χ2n) is 9.40. The van der Waals surface area contributed by atoms with Gasteiger partial charge in [-0.1, -0.05) is 17.7 Å². The van der Waals surface area contributed by atoms with Crippen molar-refractivity contribution in [3.63, 3.8) is 0 Å². The summed E-state index contributed by atoms with van der Waals surface area (Å²) in [6.07, 6.45) is 1.03. The molecule has 0 fully saturated rings. The van der Waals surface area contributed by atoms with Crippen LogP contribution in [0.4, 0.5) is 5.69 Å². The summed E-state index contributed by atoms with van der Waals surface area (Å²) in [6.45, 7) is 9.96. The second kappa shape index (κ2) is 13.6. The van der Waals surface area contributed by atoms with Gasteiger partial charge in [-0.25, -0.2) is 0 Å². The lowest BCUT2D eigenvalue weighted by Crippen LogP contribution is -2.41. The Morgan fingerprint density at radius 1 is 0.878 bits per heavy atom. The number of nitro groups is 1. The maximum absolute atomic E-state index is 14.0. The molecule has 0 N–H and O–H groups in total. The van der Waals surface area contributed by atoms with E-state index in [4.69, 9.17) is 30.5 Å². The monoisotopic (exact) mass is 582 g/mol. The van der Waals surface area contributed by atoms with Gasteiger partial charge in [0, 0.05) is 18.7 Å². The van der Waals surface area contributed by atoms with E-state index >= 15 is 0 Å². The first kappa shape index (κ1) is 30.0. The largest absolute Gasteiger partial charge is 0.490 e. The molecule has 1 atom stereocenters. The highest BCUT2D eigenvalue weighted by atomic mass is 35.5. The van der Waals surface area contributed by atoms with Gasteiger partial charge in [0.25, 0.3) is 11.6 Å². The predicted octanol–water partition coefficient (Wildman–Crippen LogP) is 6.83. The lowest BCUT2D eigenvalue weighted by atomic mass is 9.87. The minimum absolute atomic E-state index is 0.0898. The van der Waals surface area contributed by atoms with Gasteiger partial charge in [-0.3, -0.25) is 14.9 Å². The third kappa shape index (κ3) is 6.68. The summed E-state index contributed by atoms with van der Waals surface area (Å²) in [4.78, 5) is 26.7. The maximum atomic E-state index is 14.0. The van der Waals surface area contributed by atoms with Gasteiger partial charge < -0.3 is 23.8 Å². The van der Waals surface area contributed by atoms with Gasteiger partial charge in [0.15, 0.2) is 23.0 Å². The number of carbonyl (C=O) groups is 1. The van der Waals surface area contributed by atoms with Crippen molar-refractivity contribution in [1.82, 2.24) is 4.90 Å². The summed E-state index contributed by atoms with van der Waals surface area (Å²) >= 11 is 6.41. The molecule has 1 unspecified atom stereocenters. The first-order valence-electron chi connectivity index (χ1n) is 13.9. The van der Waals surface area contributed by atoms with E-state index in [0.717, 1.165) is 16.7 Å². The molecule has 1 aliphatic heterocycles. The highest BCUT2D eigenvalue weighted by Crippen LogP contribution is 2.42. The Kier molecular flexibility index (Phi) is 9.94. The van der Waals surface area contributed by atoms with Crippen molar-refractivity contribution in [3.05, 3.63) is 85.9 Å². The van der Waals surface area contributed by atoms with E-state index in [1.165, 1.54) is 18.2 Å². The summed E-state index contributed by atoms with van der Waals surface area (Å²) in [6, 6.07) is 13.2. The van der Waals surface area contributed by atoms with Crippen LogP contribution >= 0.6 is 11.6 Å². The normalized spacial score (nSPS) is 14.3. The maximum Gasteiger partial charge on any atom is 0.270 e. The van der Waals surface area contributed by atoms with Crippen molar-refractivity contribution in [3.8, 4) is 23.0 Å². The molecule has 1 amide bonds. The molecule has 1 aliphatic rings. The summed E-state index contributed by atoms with van der Waals surface area (Å²) in [5.41, 5.74) is 2.80. The molecule has 41 heavy (non-hydrogen) atoms. The first-order chi connectivity index (χ1) is 19.8. The van der Waals surface area contributed by atoms with Gasteiger partial charge in [0.2, 0.25) is 0 Å². The Hall–Kier alpha value is -3.98. The van der Waals surface area contributed by atoms with Crippen LogP contribution in [0.1, 0.15) is 60.8 Å². The average molecular weight is 583 g/mol. The van der Waals surface area contributed by atoms with Crippen molar-refractivity contribution >= 4 is 23.2 Å². The summed E-state index contributed by atoms with van der Waals surface area (Å²) < 4.78 is 23.4. The number of hydrogen-bond donors (Lipinski definition) is 0. The van der Waals surface area contributed by atoms with Crippen molar-refractivity contribution in [2.24, 2.45) is 0 Å². The zero-order chi connectivity index (χ0) is 29.5. The number of amides is 1. The van der Waals surface area contributed by atoms with Gasteiger partial charge in [0.1, 0.15) is 0 Å². The fourth-order valence-electron chi connectivity index (χ4n) is 5.10. The molecular formula is C31H35ClN2O7. The Labute approximate surface area is 245 Å². The van der Waals surface area contributed by atoms with Gasteiger partial charge in [-0.15, -0.1) is 0 Å². The first-order valence-corrected chi connectivity index (χ1v) is 14.2. The summed E-state index contributed by atoms with van der Waals surface area (Å²) in [5.74, 6) is 2.16. The van der Waals surface area contributed by atoms with E-state index in [9.17, 15) is 14.9 Å². The zero-order valence-corrected chi connectivity index (χ0v) is 24.5. The molecule has 9 nitrogen and oxygen atoms in total. The topological polar surface area (TPSA) is 100 Å². The third-order valence-electron chi connectivity index (χ3n) is 6.85. The number of nitrogens with zero attached hydrogens (tertiary/aromatic N) is 2. The number of halogens is 1. The van der Waals surface area contributed by atoms with Gasteiger partial charge in [0.05, 0.1) is 48.0 Å². The van der Waals surface area contributed by atoms with Crippen LogP contribution in [0.3, 0.4) is 0 Å². The SMILES string of the molecule is CCOc1ccc(CC2c3cc(OCC)c(OCC)cc3CCN2C(=O)c2cc([N+](=O)[O-])ccc2Cl)cc1OCC. The summed E-state index contributed by atoms with van der Waals surface area (Å²) in [7, 11) is 0. The molecular weight excluding hydrogens is 548 g/mol. The van der Waals surface area contributed by atoms with Crippen LogP contribution in [0.25, 0.3) is 0 Å². The number of fused-ring (bicyclic) bond motifs is 1. The van der Waals surface area contributed by atoms with E-state index < -0.39 is 11.0 Å². The molecule has 1 heterocycles. The van der Waals surface area contributed by atoms with E-state index in [-0.39, 0.29) is 22.2 Å². The Morgan fingerprint density at radius 3 is 2.12 bits per heavy atom. The average Bonchev–Trinajstić information content (AvgIpc) is 2.95. The molecule has 3 aromatic rings. The fraction of sp³-hybridized carbons (Fsp3) is 0.387. The minimum Gasteiger partial charge on any atom is -0.490 e. The molecule has 0 saturated heterocycles. The van der Waals surface area contributed by atoms with Gasteiger partial charge in [-0.2, -0.15) is 0 Å². The predicted molar refractivity (Wildman–Crippen MR) is 157 cm³/mol. The molecule has 4 rings (SSSR count). The number of hydrogen-bond acceptors (Lipinski definition) is 7. The van der Waals surface area contributed by atoms with Crippen LogP contribution in [0.5, 0.6) is 23.0 Å². The lowest BCUT2D eigenvalue weighted by molar-refractivity contribution is -0.384. The molecule has 10 heteroatoms. The Balaban J connectivity index is 1.82. The molecule has 0 aromatic heterocycles. The van der Waals surface area contributed by atoms with Gasteiger partial charge in [-0.05, 0) is 87.6 Å². The van der Waals surface area contributed by atoms with Crippen molar-refractivity contribution < 1.29 is 28.7 Å². The van der Waals surface area contributed by atoms with Crippen LogP contribution in [0.2, 0.25) is 5.02 Å². The minimum atomic E-state index is -0.533. The van der Waals surface area contributed by atoms with E-state index in [2.05, 4.69) is 0 Å². The van der Waals surface area contributed by atoms with Crippen LogP contribution in [0, 0.1) is 10.1 Å². The van der Waals surface area contributed by atoms with Crippen LogP contribution < -0.4 is 18.9 Å². The number of carbonyl (C=O) groups excluding carboxylic acids is 1. The third-order valence-corrected chi connectivity index (χ3v) is 7.18. The number of nitro benzene ring substituents is 1. The van der Waals surface area contributed by atoms with E-state index in [0.29, 0.717) is 68.8 Å². The number of non-ortho nitro benzene ring substituents is 1. The van der Waals surface area contributed by atoms with Crippen molar-refractivity contribution in [1.29, 1.82) is 0 Å². The second-order valence-corrected chi connectivity index (χ2v) is 9.81. The fourth-order valence-corrected chi connectivity index (χ4v) is 5.30. The standard InChI is InChI=1S/C31H35ClN2O7/c1-5-38-27-12-9-20(16-28(27)39-6-2)15-26-23-19-30(41-8-4)29(40-7-3)17-21(23)13-14-33(26)31(35)24-18-22(34(36)37)10-11-25(24)32/h9-12,16-19,26H,5-8,13-15H2,1-4H3. The van der Waals surface area contributed by atoms with E-state index in [1.807, 2.05) is 58.0 Å². The van der Waals surface area contributed by atoms with Crippen molar-refractivity contribution in [2.75, 3.05) is 33.0 Å². The molecule has 0 saturated carbocycles. The molecule has 218 valence electrons. The molecule has 0 aliphatic carbocycles. The van der Waals surface area contributed by atoms with Crippen molar-refractivity contribution in [2.45, 2.75) is 46.6 Å². The molecule has 3 aromatic carbocycles. The highest BCUT2D eigenvalue weighted by Gasteiger charge is 2.34. The van der Waals surface area contributed by atoms with Gasteiger partial charge >= 0.3 is 0 Å². The Morgan fingerprint density at radius 2 is 1.49 bits per heavy atom. The van der Waals surface area contributed by atoms with Crippen LogP contribution in [0.15, 0.2) is 48.5 Å². The molecule has 0 bridgehead atoms. The summed E-state index contributed by atoms with van der Waals surface area (Å²) in [5, 5.41) is 11.6. The lowest BCUT2D eigenvalue weighted by Gasteiger charge is -2.38. The smallest absolute Gasteiger partial charge is 0.270 e.